The predicted molar refractivity (Wildman–Crippen MR) is 45.4 cm³/mol. The van der Waals surface area contributed by atoms with Crippen LogP contribution in [0.4, 0.5) is 0 Å². The van der Waals surface area contributed by atoms with Crippen LogP contribution in [0, 0.1) is 0 Å². The Morgan fingerprint density at radius 3 is 1.91 bits per heavy atom. The molecule has 0 aliphatic rings. The molecule has 1 N–H and O–H groups in total. The van der Waals surface area contributed by atoms with E-state index in [0.29, 0.717) is 18.4 Å². The van der Waals surface area contributed by atoms with Crippen LogP contribution in [0.2, 0.25) is 0 Å². The topological polar surface area (TPSA) is 37.3 Å². The first kappa shape index (κ1) is 10.4. The fourth-order valence-corrected chi connectivity index (χ4v) is 0.968. The van der Waals surface area contributed by atoms with Crippen molar-refractivity contribution in [3.05, 3.63) is 12.2 Å². The summed E-state index contributed by atoms with van der Waals surface area (Å²) in [6, 6.07) is 0. The second-order valence-corrected chi connectivity index (χ2v) is 2.85. The predicted octanol–water partition coefficient (Wildman–Crippen LogP) is 1.68. The lowest BCUT2D eigenvalue weighted by Crippen LogP contribution is -2.37. The average Bonchev–Trinajstić information content (AvgIpc) is 2.01. The van der Waals surface area contributed by atoms with Crippen LogP contribution < -0.4 is 0 Å². The van der Waals surface area contributed by atoms with Gasteiger partial charge in [-0.2, -0.15) is 0 Å². The minimum atomic E-state index is -1.17. The van der Waals surface area contributed by atoms with E-state index in [1.165, 1.54) is 0 Å². The highest BCUT2D eigenvalue weighted by Gasteiger charge is 2.31. The zero-order valence-corrected chi connectivity index (χ0v) is 7.48. The van der Waals surface area contributed by atoms with E-state index in [1.807, 2.05) is 0 Å². The molecule has 0 aromatic rings. The van der Waals surface area contributed by atoms with Crippen molar-refractivity contribution in [2.45, 2.75) is 39.2 Å². The summed E-state index contributed by atoms with van der Waals surface area (Å²) in [4.78, 5) is 11.3. The molecule has 11 heavy (non-hydrogen) atoms. The number of rotatable bonds is 4. The Balaban J connectivity index is 4.50. The van der Waals surface area contributed by atoms with Gasteiger partial charge in [-0.15, -0.1) is 0 Å². The molecule has 0 amide bonds. The molecule has 2 nitrogen and oxygen atoms in total. The van der Waals surface area contributed by atoms with E-state index in [-0.39, 0.29) is 5.78 Å². The smallest absolute Gasteiger partial charge is 0.189 e. The largest absolute Gasteiger partial charge is 0.382 e. The number of hydrogen-bond acceptors (Lipinski definition) is 2. The Morgan fingerprint density at radius 1 is 1.45 bits per heavy atom. The maximum Gasteiger partial charge on any atom is 0.189 e. The zero-order valence-electron chi connectivity index (χ0n) is 7.48. The molecule has 0 aromatic heterocycles. The van der Waals surface area contributed by atoms with Crippen LogP contribution in [-0.4, -0.2) is 16.5 Å². The van der Waals surface area contributed by atoms with Gasteiger partial charge in [0.15, 0.2) is 5.78 Å². The van der Waals surface area contributed by atoms with Crippen molar-refractivity contribution in [2.24, 2.45) is 0 Å². The van der Waals surface area contributed by atoms with Crippen molar-refractivity contribution < 1.29 is 9.90 Å². The van der Waals surface area contributed by atoms with Gasteiger partial charge in [0, 0.05) is 0 Å². The highest BCUT2D eigenvalue weighted by atomic mass is 16.3. The Kier molecular flexibility index (Phi) is 3.46. The molecule has 0 bridgehead atoms. The Labute approximate surface area is 67.9 Å². The number of carbonyl (C=O) groups is 1. The lowest BCUT2D eigenvalue weighted by atomic mass is 9.89. The maximum absolute atomic E-state index is 11.3. The van der Waals surface area contributed by atoms with Crippen LogP contribution >= 0.6 is 0 Å². The van der Waals surface area contributed by atoms with Crippen molar-refractivity contribution in [3.8, 4) is 0 Å². The first-order chi connectivity index (χ1) is 4.98. The van der Waals surface area contributed by atoms with E-state index >= 15 is 0 Å². The molecule has 0 aliphatic heterocycles. The average molecular weight is 156 g/mol. The summed E-state index contributed by atoms with van der Waals surface area (Å²) in [5, 5.41) is 9.66. The summed E-state index contributed by atoms with van der Waals surface area (Å²) < 4.78 is 0. The van der Waals surface area contributed by atoms with Crippen LogP contribution in [-0.2, 0) is 4.79 Å². The second-order valence-electron chi connectivity index (χ2n) is 2.85. The molecule has 2 heteroatoms. The van der Waals surface area contributed by atoms with Crippen LogP contribution in [0.25, 0.3) is 0 Å². The standard InChI is InChI=1S/C9H16O2/c1-5-9(11,6-2)8(10)7(3)4/h11H,3,5-6H2,1-2,4H3. The van der Waals surface area contributed by atoms with Crippen LogP contribution in [0.1, 0.15) is 33.6 Å². The van der Waals surface area contributed by atoms with Crippen LogP contribution in [0.15, 0.2) is 12.2 Å². The molecule has 0 saturated carbocycles. The molecule has 64 valence electrons. The van der Waals surface area contributed by atoms with Crippen LogP contribution in [0.3, 0.4) is 0 Å². The molecule has 0 spiro atoms. The Morgan fingerprint density at radius 2 is 1.82 bits per heavy atom. The van der Waals surface area contributed by atoms with E-state index in [9.17, 15) is 9.90 Å². The first-order valence-corrected chi connectivity index (χ1v) is 3.90. The van der Waals surface area contributed by atoms with Crippen molar-refractivity contribution in [1.82, 2.24) is 0 Å². The van der Waals surface area contributed by atoms with Crippen molar-refractivity contribution >= 4 is 5.78 Å². The van der Waals surface area contributed by atoms with E-state index in [1.54, 1.807) is 20.8 Å². The first-order valence-electron chi connectivity index (χ1n) is 3.90. The van der Waals surface area contributed by atoms with Gasteiger partial charge < -0.3 is 5.11 Å². The molecule has 0 aliphatic carbocycles. The maximum atomic E-state index is 11.3. The van der Waals surface area contributed by atoms with Crippen LogP contribution in [0.5, 0.6) is 0 Å². The van der Waals surface area contributed by atoms with Gasteiger partial charge in [-0.25, -0.2) is 0 Å². The van der Waals surface area contributed by atoms with E-state index in [4.69, 9.17) is 0 Å². The van der Waals surface area contributed by atoms with Gasteiger partial charge in [0.1, 0.15) is 5.60 Å². The Hall–Kier alpha value is -0.630. The molecule has 0 rings (SSSR count). The van der Waals surface area contributed by atoms with Gasteiger partial charge in [0.05, 0.1) is 0 Å². The quantitative estimate of drug-likeness (QED) is 0.629. The summed E-state index contributed by atoms with van der Waals surface area (Å²) in [6.45, 7) is 8.72. The van der Waals surface area contributed by atoms with Gasteiger partial charge in [0.25, 0.3) is 0 Å². The SMILES string of the molecule is C=C(C)C(=O)C(O)(CC)CC. The summed E-state index contributed by atoms with van der Waals surface area (Å²) >= 11 is 0. The molecule has 0 saturated heterocycles. The molecule has 0 unspecified atom stereocenters. The molecule has 0 aromatic carbocycles. The Bertz CT molecular complexity index is 166. The lowest BCUT2D eigenvalue weighted by molar-refractivity contribution is -0.133. The fraction of sp³-hybridized carbons (Fsp3) is 0.667. The molecule has 0 radical (unpaired) electrons. The molecule has 0 fully saturated rings. The summed E-state index contributed by atoms with van der Waals surface area (Å²) in [7, 11) is 0. The van der Waals surface area contributed by atoms with E-state index in [0.717, 1.165) is 0 Å². The molecular weight excluding hydrogens is 140 g/mol. The highest BCUT2D eigenvalue weighted by Crippen LogP contribution is 2.18. The third kappa shape index (κ3) is 2.15. The monoisotopic (exact) mass is 156 g/mol. The minimum Gasteiger partial charge on any atom is -0.382 e. The summed E-state index contributed by atoms with van der Waals surface area (Å²) in [6.07, 6.45) is 0.907. The summed E-state index contributed by atoms with van der Waals surface area (Å²) in [5.41, 5.74) is -0.748. The normalized spacial score (nSPS) is 11.3. The minimum absolute atomic E-state index is 0.234. The number of ketones is 1. The summed E-state index contributed by atoms with van der Waals surface area (Å²) in [5.74, 6) is -0.234. The second kappa shape index (κ2) is 3.67. The van der Waals surface area contributed by atoms with Gasteiger partial charge in [-0.1, -0.05) is 20.4 Å². The van der Waals surface area contributed by atoms with Gasteiger partial charge in [-0.3, -0.25) is 4.79 Å². The highest BCUT2D eigenvalue weighted by molar-refractivity contribution is 6.00. The number of aliphatic hydroxyl groups is 1. The van der Waals surface area contributed by atoms with Gasteiger partial charge >= 0.3 is 0 Å². The number of hydrogen-bond donors (Lipinski definition) is 1. The molecule has 0 heterocycles. The van der Waals surface area contributed by atoms with Crippen molar-refractivity contribution in [1.29, 1.82) is 0 Å². The zero-order chi connectivity index (χ0) is 9.07. The number of carbonyl (C=O) groups excluding carboxylic acids is 1. The van der Waals surface area contributed by atoms with Crippen molar-refractivity contribution in [3.63, 3.8) is 0 Å². The van der Waals surface area contributed by atoms with Gasteiger partial charge in [0.2, 0.25) is 0 Å². The van der Waals surface area contributed by atoms with E-state index in [2.05, 4.69) is 6.58 Å². The third-order valence-electron chi connectivity index (χ3n) is 1.98. The van der Waals surface area contributed by atoms with E-state index < -0.39 is 5.60 Å². The lowest BCUT2D eigenvalue weighted by Gasteiger charge is -2.23. The number of Topliss-reactive ketones (excluding diaryl/α,β-unsaturated/α-hetero) is 1. The molecular formula is C9H16O2. The van der Waals surface area contributed by atoms with Gasteiger partial charge in [-0.05, 0) is 25.3 Å². The van der Waals surface area contributed by atoms with Crippen molar-refractivity contribution in [2.75, 3.05) is 0 Å². The molecule has 0 atom stereocenters. The third-order valence-corrected chi connectivity index (χ3v) is 1.98. The fourth-order valence-electron chi connectivity index (χ4n) is 0.968.